The molecule has 0 unspecified atom stereocenters. The minimum atomic E-state index is -0.477. The molecule has 184 valence electrons. The number of imide groups is 1. The van der Waals surface area contributed by atoms with Crippen LogP contribution in [0.4, 0.5) is 4.79 Å². The van der Waals surface area contributed by atoms with E-state index >= 15 is 0 Å². The molecule has 0 atom stereocenters. The summed E-state index contributed by atoms with van der Waals surface area (Å²) in [5.41, 5.74) is 2.91. The Balaban J connectivity index is 1.47. The van der Waals surface area contributed by atoms with E-state index in [0.29, 0.717) is 50.0 Å². The van der Waals surface area contributed by atoms with E-state index in [1.807, 2.05) is 37.3 Å². The fourth-order valence-corrected chi connectivity index (χ4v) is 5.26. The number of amides is 3. The number of hydrogen-bond donors (Lipinski definition) is 0. The van der Waals surface area contributed by atoms with Gasteiger partial charge < -0.3 is 19.1 Å². The summed E-state index contributed by atoms with van der Waals surface area (Å²) in [5, 5.41) is -0.456. The summed E-state index contributed by atoms with van der Waals surface area (Å²) in [5.74, 6) is 0.394. The number of thioether (sulfide) groups is 1. The van der Waals surface area contributed by atoms with E-state index in [1.54, 1.807) is 24.2 Å². The number of ether oxygens (including phenoxy) is 3. The predicted octanol–water partition coefficient (Wildman–Crippen LogP) is 4.08. The molecule has 0 N–H and O–H groups in total. The molecular weight excluding hydrogens is 583 g/mol. The van der Waals surface area contributed by atoms with Crippen LogP contribution in [-0.2, 0) is 20.9 Å². The van der Waals surface area contributed by atoms with Gasteiger partial charge in [0.1, 0.15) is 13.2 Å². The molecule has 2 aliphatic heterocycles. The third-order valence-corrected chi connectivity index (χ3v) is 7.29. The highest BCUT2D eigenvalue weighted by Gasteiger charge is 2.37. The largest absolute Gasteiger partial charge is 0.493 e. The molecular formula is C25H25IN2O6S. The lowest BCUT2D eigenvalue weighted by molar-refractivity contribution is -0.139. The van der Waals surface area contributed by atoms with Crippen LogP contribution in [0.25, 0.3) is 6.08 Å². The standard InChI is InChI=1S/C25H25IN2O6S/c1-16-3-5-17(6-4-16)15-34-23-19(26)11-18(12-20(23)32-2)13-21-24(30)28(25(31)35-21)14-22(29)27-7-9-33-10-8-27/h3-6,11-13H,7-10,14-15H2,1-2H3/b21-13-. The summed E-state index contributed by atoms with van der Waals surface area (Å²) in [4.78, 5) is 40.8. The monoisotopic (exact) mass is 608 g/mol. The second-order valence-corrected chi connectivity index (χ2v) is 10.2. The van der Waals surface area contributed by atoms with Gasteiger partial charge in [0.15, 0.2) is 11.5 Å². The van der Waals surface area contributed by atoms with Gasteiger partial charge in [-0.1, -0.05) is 29.8 Å². The van der Waals surface area contributed by atoms with Gasteiger partial charge >= 0.3 is 0 Å². The highest BCUT2D eigenvalue weighted by molar-refractivity contribution is 14.1. The van der Waals surface area contributed by atoms with Crippen LogP contribution in [0.2, 0.25) is 0 Å². The van der Waals surface area contributed by atoms with Crippen molar-refractivity contribution in [2.45, 2.75) is 13.5 Å². The molecule has 2 saturated heterocycles. The smallest absolute Gasteiger partial charge is 0.294 e. The molecule has 2 aromatic rings. The molecule has 0 aliphatic carbocycles. The number of rotatable bonds is 7. The zero-order valence-corrected chi connectivity index (χ0v) is 22.4. The Morgan fingerprint density at radius 1 is 1.17 bits per heavy atom. The van der Waals surface area contributed by atoms with E-state index in [1.165, 1.54) is 5.56 Å². The van der Waals surface area contributed by atoms with Gasteiger partial charge in [-0.05, 0) is 70.6 Å². The third kappa shape index (κ3) is 6.17. The highest BCUT2D eigenvalue weighted by atomic mass is 127. The Hall–Kier alpha value is -2.57. The number of nitrogens with zero attached hydrogens (tertiary/aromatic N) is 2. The van der Waals surface area contributed by atoms with Crippen LogP contribution < -0.4 is 9.47 Å². The normalized spacial score (nSPS) is 17.3. The number of aryl methyl sites for hydroxylation is 1. The molecule has 0 aromatic heterocycles. The van der Waals surface area contributed by atoms with Crippen molar-refractivity contribution in [1.82, 2.24) is 9.80 Å². The maximum atomic E-state index is 12.9. The van der Waals surface area contributed by atoms with E-state index in [-0.39, 0.29) is 17.4 Å². The van der Waals surface area contributed by atoms with Gasteiger partial charge in [0, 0.05) is 13.1 Å². The topological polar surface area (TPSA) is 85.4 Å². The molecule has 0 spiro atoms. The Morgan fingerprint density at radius 2 is 1.89 bits per heavy atom. The first kappa shape index (κ1) is 25.5. The second-order valence-electron chi connectivity index (χ2n) is 8.07. The van der Waals surface area contributed by atoms with Gasteiger partial charge in [-0.15, -0.1) is 0 Å². The number of halogens is 1. The molecule has 2 fully saturated rings. The fraction of sp³-hybridized carbons (Fsp3) is 0.320. The lowest BCUT2D eigenvalue weighted by atomic mass is 10.1. The Morgan fingerprint density at radius 3 is 2.57 bits per heavy atom. The van der Waals surface area contributed by atoms with Gasteiger partial charge in [0.25, 0.3) is 11.1 Å². The van der Waals surface area contributed by atoms with Crippen molar-refractivity contribution in [3.05, 3.63) is 61.6 Å². The van der Waals surface area contributed by atoms with Crippen molar-refractivity contribution in [3.63, 3.8) is 0 Å². The maximum absolute atomic E-state index is 12.9. The van der Waals surface area contributed by atoms with E-state index in [9.17, 15) is 14.4 Å². The molecule has 35 heavy (non-hydrogen) atoms. The molecule has 3 amide bonds. The summed E-state index contributed by atoms with van der Waals surface area (Å²) in [6.07, 6.45) is 1.64. The molecule has 2 aliphatic rings. The first-order valence-corrected chi connectivity index (χ1v) is 12.9. The zero-order valence-electron chi connectivity index (χ0n) is 19.4. The van der Waals surface area contributed by atoms with E-state index < -0.39 is 11.1 Å². The van der Waals surface area contributed by atoms with E-state index in [4.69, 9.17) is 14.2 Å². The zero-order chi connectivity index (χ0) is 24.9. The van der Waals surface area contributed by atoms with Crippen LogP contribution in [0.3, 0.4) is 0 Å². The first-order valence-electron chi connectivity index (χ1n) is 11.0. The summed E-state index contributed by atoms with van der Waals surface area (Å²) in [6, 6.07) is 11.7. The lowest BCUT2D eigenvalue weighted by Gasteiger charge is -2.28. The molecule has 10 heteroatoms. The minimum absolute atomic E-state index is 0.260. The second kappa shape index (κ2) is 11.4. The Labute approximate surface area is 221 Å². The molecule has 0 saturated carbocycles. The quantitative estimate of drug-likeness (QED) is 0.346. The van der Waals surface area contributed by atoms with Crippen LogP contribution in [0.15, 0.2) is 41.3 Å². The maximum Gasteiger partial charge on any atom is 0.294 e. The fourth-order valence-electron chi connectivity index (χ4n) is 3.64. The van der Waals surface area contributed by atoms with Gasteiger partial charge in [-0.25, -0.2) is 0 Å². The molecule has 2 heterocycles. The van der Waals surface area contributed by atoms with E-state index in [2.05, 4.69) is 22.6 Å². The average Bonchev–Trinajstić information content (AvgIpc) is 3.11. The van der Waals surface area contributed by atoms with Crippen LogP contribution in [-0.4, -0.2) is 66.8 Å². The minimum Gasteiger partial charge on any atom is -0.493 e. The van der Waals surface area contributed by atoms with Crippen LogP contribution >= 0.6 is 34.4 Å². The average molecular weight is 608 g/mol. The van der Waals surface area contributed by atoms with Crippen molar-refractivity contribution in [1.29, 1.82) is 0 Å². The summed E-state index contributed by atoms with van der Waals surface area (Å²) in [7, 11) is 1.55. The molecule has 8 nitrogen and oxygen atoms in total. The highest BCUT2D eigenvalue weighted by Crippen LogP contribution is 2.37. The molecule has 4 rings (SSSR count). The van der Waals surface area contributed by atoms with Gasteiger partial charge in [0.2, 0.25) is 5.91 Å². The number of hydrogen-bond acceptors (Lipinski definition) is 7. The van der Waals surface area contributed by atoms with Crippen molar-refractivity contribution in [2.75, 3.05) is 40.0 Å². The third-order valence-electron chi connectivity index (χ3n) is 5.58. The van der Waals surface area contributed by atoms with Crippen LogP contribution in [0.1, 0.15) is 16.7 Å². The SMILES string of the molecule is COc1cc(/C=C2\SC(=O)N(CC(=O)N3CCOCC3)C2=O)cc(I)c1OCc1ccc(C)cc1. The van der Waals surface area contributed by atoms with Gasteiger partial charge in [0.05, 0.1) is 28.8 Å². The van der Waals surface area contributed by atoms with Crippen molar-refractivity contribution < 1.29 is 28.6 Å². The molecule has 0 radical (unpaired) electrons. The lowest BCUT2D eigenvalue weighted by Crippen LogP contribution is -2.46. The van der Waals surface area contributed by atoms with Gasteiger partial charge in [-0.2, -0.15) is 0 Å². The molecule has 2 aromatic carbocycles. The molecule has 0 bridgehead atoms. The number of carbonyl (C=O) groups is 3. The summed E-state index contributed by atoms with van der Waals surface area (Å²) < 4.78 is 17.6. The van der Waals surface area contributed by atoms with Crippen molar-refractivity contribution >= 4 is 57.5 Å². The van der Waals surface area contributed by atoms with Crippen molar-refractivity contribution in [2.24, 2.45) is 0 Å². The predicted molar refractivity (Wildman–Crippen MR) is 141 cm³/mol. The summed E-state index contributed by atoms with van der Waals surface area (Å²) in [6.45, 7) is 3.99. The van der Waals surface area contributed by atoms with Crippen LogP contribution in [0.5, 0.6) is 11.5 Å². The van der Waals surface area contributed by atoms with Gasteiger partial charge in [-0.3, -0.25) is 19.3 Å². The van der Waals surface area contributed by atoms with Crippen LogP contribution in [0, 0.1) is 10.5 Å². The number of morpholine rings is 1. The Kier molecular flexibility index (Phi) is 8.34. The Bertz CT molecular complexity index is 1160. The summed E-state index contributed by atoms with van der Waals surface area (Å²) >= 11 is 2.99. The number of carbonyl (C=O) groups excluding carboxylic acids is 3. The number of benzene rings is 2. The van der Waals surface area contributed by atoms with Crippen molar-refractivity contribution in [3.8, 4) is 11.5 Å². The number of methoxy groups -OCH3 is 1. The first-order chi connectivity index (χ1) is 16.9. The van der Waals surface area contributed by atoms with E-state index in [0.717, 1.165) is 25.8 Å².